The molecule has 0 aromatic rings. The number of ether oxygens (including phenoxy) is 1. The third kappa shape index (κ3) is 3.32. The monoisotopic (exact) mass is 281 g/mol. The topological polar surface area (TPSA) is 44.8 Å². The maximum atomic E-state index is 12.1. The number of piperidine rings is 1. The Morgan fingerprint density at radius 2 is 2.05 bits per heavy atom. The lowest BCUT2D eigenvalue weighted by molar-refractivity contribution is -0.135. The molecule has 0 aliphatic carbocycles. The first-order chi connectivity index (χ1) is 9.84. The SMILES string of the molecule is O=C(CCCN1CCCC2CNCC21)N1CCOCC1. The average Bonchev–Trinajstić information content (AvgIpc) is 2.97. The van der Waals surface area contributed by atoms with E-state index in [4.69, 9.17) is 4.74 Å². The number of likely N-dealkylation sites (tertiary alicyclic amines) is 1. The van der Waals surface area contributed by atoms with Crippen molar-refractivity contribution >= 4 is 5.91 Å². The van der Waals surface area contributed by atoms with E-state index >= 15 is 0 Å². The summed E-state index contributed by atoms with van der Waals surface area (Å²) in [6.45, 7) is 7.58. The molecule has 0 aromatic heterocycles. The maximum Gasteiger partial charge on any atom is 0.222 e. The molecule has 3 rings (SSSR count). The predicted octanol–water partition coefficient (Wildman–Crippen LogP) is 0.309. The lowest BCUT2D eigenvalue weighted by atomic mass is 9.92. The summed E-state index contributed by atoms with van der Waals surface area (Å²) >= 11 is 0. The van der Waals surface area contributed by atoms with Gasteiger partial charge in [0.1, 0.15) is 0 Å². The third-order valence-electron chi connectivity index (χ3n) is 4.99. The fraction of sp³-hybridized carbons (Fsp3) is 0.933. The second-order valence-corrected chi connectivity index (χ2v) is 6.26. The van der Waals surface area contributed by atoms with Gasteiger partial charge in [0.05, 0.1) is 13.2 Å². The van der Waals surface area contributed by atoms with Gasteiger partial charge in [0.15, 0.2) is 0 Å². The van der Waals surface area contributed by atoms with Crippen molar-refractivity contribution in [2.24, 2.45) is 5.92 Å². The number of amides is 1. The molecule has 5 heteroatoms. The molecule has 114 valence electrons. The summed E-state index contributed by atoms with van der Waals surface area (Å²) in [5.74, 6) is 1.16. The zero-order valence-corrected chi connectivity index (χ0v) is 12.4. The smallest absolute Gasteiger partial charge is 0.222 e. The molecule has 3 saturated heterocycles. The van der Waals surface area contributed by atoms with Gasteiger partial charge in [-0.05, 0) is 44.8 Å². The van der Waals surface area contributed by atoms with Gasteiger partial charge in [-0.3, -0.25) is 9.69 Å². The molecule has 3 aliphatic rings. The van der Waals surface area contributed by atoms with Crippen molar-refractivity contribution in [3.63, 3.8) is 0 Å². The minimum Gasteiger partial charge on any atom is -0.378 e. The fourth-order valence-corrected chi connectivity index (χ4v) is 3.85. The van der Waals surface area contributed by atoms with Crippen molar-refractivity contribution < 1.29 is 9.53 Å². The quantitative estimate of drug-likeness (QED) is 0.805. The van der Waals surface area contributed by atoms with Crippen molar-refractivity contribution in [1.82, 2.24) is 15.1 Å². The minimum absolute atomic E-state index is 0.311. The molecule has 0 spiro atoms. The Hall–Kier alpha value is -0.650. The Balaban J connectivity index is 1.39. The molecule has 1 N–H and O–H groups in total. The van der Waals surface area contributed by atoms with Crippen molar-refractivity contribution in [2.75, 3.05) is 52.5 Å². The van der Waals surface area contributed by atoms with Crippen LogP contribution in [0.4, 0.5) is 0 Å². The normalized spacial score (nSPS) is 31.3. The summed E-state index contributed by atoms with van der Waals surface area (Å²) in [7, 11) is 0. The maximum absolute atomic E-state index is 12.1. The van der Waals surface area contributed by atoms with Gasteiger partial charge in [0, 0.05) is 32.1 Å². The van der Waals surface area contributed by atoms with Crippen LogP contribution in [0.3, 0.4) is 0 Å². The van der Waals surface area contributed by atoms with Crippen LogP contribution >= 0.6 is 0 Å². The van der Waals surface area contributed by atoms with Crippen LogP contribution in [0.5, 0.6) is 0 Å². The molecule has 0 saturated carbocycles. The highest BCUT2D eigenvalue weighted by molar-refractivity contribution is 5.76. The summed E-state index contributed by atoms with van der Waals surface area (Å²) in [4.78, 5) is 16.7. The predicted molar refractivity (Wildman–Crippen MR) is 77.6 cm³/mol. The van der Waals surface area contributed by atoms with Crippen molar-refractivity contribution in [3.05, 3.63) is 0 Å². The molecule has 20 heavy (non-hydrogen) atoms. The van der Waals surface area contributed by atoms with E-state index in [9.17, 15) is 4.79 Å². The Morgan fingerprint density at radius 1 is 1.20 bits per heavy atom. The number of morpholine rings is 1. The molecule has 0 radical (unpaired) electrons. The minimum atomic E-state index is 0.311. The fourth-order valence-electron chi connectivity index (χ4n) is 3.85. The number of nitrogens with zero attached hydrogens (tertiary/aromatic N) is 2. The Bertz CT molecular complexity index is 331. The van der Waals surface area contributed by atoms with Gasteiger partial charge in [-0.15, -0.1) is 0 Å². The number of carbonyl (C=O) groups is 1. The van der Waals surface area contributed by atoms with Gasteiger partial charge in [0.2, 0.25) is 5.91 Å². The molecule has 3 heterocycles. The molecule has 3 aliphatic heterocycles. The number of nitrogens with one attached hydrogen (secondary N) is 1. The van der Waals surface area contributed by atoms with E-state index in [0.717, 1.165) is 44.6 Å². The largest absolute Gasteiger partial charge is 0.378 e. The standard InChI is InChI=1S/C15H27N3O2/c19-15(18-7-9-20-10-8-18)4-2-6-17-5-1-3-13-11-16-12-14(13)17/h13-14,16H,1-12H2. The van der Waals surface area contributed by atoms with Crippen LogP contribution < -0.4 is 5.32 Å². The first kappa shape index (κ1) is 14.3. The summed E-state index contributed by atoms with van der Waals surface area (Å²) in [5, 5.41) is 3.51. The second kappa shape index (κ2) is 6.87. The Morgan fingerprint density at radius 3 is 2.90 bits per heavy atom. The van der Waals surface area contributed by atoms with E-state index in [-0.39, 0.29) is 0 Å². The molecule has 5 nitrogen and oxygen atoms in total. The van der Waals surface area contributed by atoms with Gasteiger partial charge in [-0.2, -0.15) is 0 Å². The second-order valence-electron chi connectivity index (χ2n) is 6.26. The van der Waals surface area contributed by atoms with Gasteiger partial charge < -0.3 is 15.0 Å². The Labute approximate surface area is 121 Å². The zero-order chi connectivity index (χ0) is 13.8. The lowest BCUT2D eigenvalue weighted by Gasteiger charge is -2.37. The van der Waals surface area contributed by atoms with E-state index in [2.05, 4.69) is 10.2 Å². The third-order valence-corrected chi connectivity index (χ3v) is 4.99. The first-order valence-corrected chi connectivity index (χ1v) is 8.15. The molecule has 1 amide bonds. The number of hydrogen-bond acceptors (Lipinski definition) is 4. The molecule has 3 fully saturated rings. The van der Waals surface area contributed by atoms with Crippen LogP contribution in [0.1, 0.15) is 25.7 Å². The summed E-state index contributed by atoms with van der Waals surface area (Å²) in [6.07, 6.45) is 4.39. The summed E-state index contributed by atoms with van der Waals surface area (Å²) < 4.78 is 5.29. The van der Waals surface area contributed by atoms with Gasteiger partial charge >= 0.3 is 0 Å². The highest BCUT2D eigenvalue weighted by Gasteiger charge is 2.34. The lowest BCUT2D eigenvalue weighted by Crippen LogP contribution is -2.46. The summed E-state index contributed by atoms with van der Waals surface area (Å²) in [6, 6.07) is 0.724. The van der Waals surface area contributed by atoms with Crippen LogP contribution in [0.2, 0.25) is 0 Å². The van der Waals surface area contributed by atoms with Gasteiger partial charge in [-0.25, -0.2) is 0 Å². The average molecular weight is 281 g/mol. The highest BCUT2D eigenvalue weighted by atomic mass is 16.5. The molecule has 2 unspecified atom stereocenters. The van der Waals surface area contributed by atoms with Crippen LogP contribution in [0.25, 0.3) is 0 Å². The van der Waals surface area contributed by atoms with Crippen LogP contribution in [-0.4, -0.2) is 74.2 Å². The van der Waals surface area contributed by atoms with Crippen molar-refractivity contribution in [2.45, 2.75) is 31.7 Å². The van der Waals surface area contributed by atoms with Gasteiger partial charge in [0.25, 0.3) is 0 Å². The summed E-state index contributed by atoms with van der Waals surface area (Å²) in [5.41, 5.74) is 0. The van der Waals surface area contributed by atoms with Crippen molar-refractivity contribution in [1.29, 1.82) is 0 Å². The number of carbonyl (C=O) groups excluding carboxylic acids is 1. The number of hydrogen-bond donors (Lipinski definition) is 1. The van der Waals surface area contributed by atoms with Crippen molar-refractivity contribution in [3.8, 4) is 0 Å². The molecule has 0 bridgehead atoms. The van der Waals surface area contributed by atoms with E-state index in [1.54, 1.807) is 0 Å². The van der Waals surface area contributed by atoms with Crippen LogP contribution in [-0.2, 0) is 9.53 Å². The van der Waals surface area contributed by atoms with E-state index in [1.165, 1.54) is 25.9 Å². The van der Waals surface area contributed by atoms with E-state index in [1.807, 2.05) is 4.90 Å². The van der Waals surface area contributed by atoms with E-state index < -0.39 is 0 Å². The highest BCUT2D eigenvalue weighted by Crippen LogP contribution is 2.26. The zero-order valence-electron chi connectivity index (χ0n) is 12.4. The molecular formula is C15H27N3O2. The number of fused-ring (bicyclic) bond motifs is 1. The van der Waals surface area contributed by atoms with Gasteiger partial charge in [-0.1, -0.05) is 0 Å². The molecular weight excluding hydrogens is 254 g/mol. The molecule has 2 atom stereocenters. The Kier molecular flexibility index (Phi) is 4.91. The van der Waals surface area contributed by atoms with E-state index in [0.29, 0.717) is 25.5 Å². The molecule has 0 aromatic carbocycles. The van der Waals surface area contributed by atoms with Crippen LogP contribution in [0.15, 0.2) is 0 Å². The first-order valence-electron chi connectivity index (χ1n) is 8.15. The number of rotatable bonds is 4. The van der Waals surface area contributed by atoms with Crippen LogP contribution in [0, 0.1) is 5.92 Å².